The molecule has 26 heavy (non-hydrogen) atoms. The normalized spacial score (nSPS) is 15.6. The summed E-state index contributed by atoms with van der Waals surface area (Å²) in [6.45, 7) is 3.33. The van der Waals surface area contributed by atoms with Crippen LogP contribution in [0.5, 0.6) is 5.75 Å². The molecule has 0 saturated carbocycles. The lowest BCUT2D eigenvalue weighted by atomic mass is 9.95. The smallest absolute Gasteiger partial charge is 0.276 e. The number of piperidine rings is 1. The molecule has 3 rings (SSSR count). The van der Waals surface area contributed by atoms with Crippen LogP contribution in [0, 0.1) is 0 Å². The summed E-state index contributed by atoms with van der Waals surface area (Å²) in [6.07, 6.45) is 8.30. The Balaban J connectivity index is 1.58. The van der Waals surface area contributed by atoms with Gasteiger partial charge in [0.15, 0.2) is 5.69 Å². The first kappa shape index (κ1) is 18.4. The number of amides is 1. The number of carbonyl (C=O) groups is 1. The van der Waals surface area contributed by atoms with Crippen molar-refractivity contribution >= 4 is 5.91 Å². The molecule has 3 heterocycles. The maximum absolute atomic E-state index is 12.6. The van der Waals surface area contributed by atoms with E-state index in [9.17, 15) is 9.90 Å². The first-order valence-electron chi connectivity index (χ1n) is 9.15. The van der Waals surface area contributed by atoms with Gasteiger partial charge >= 0.3 is 0 Å². The van der Waals surface area contributed by atoms with Gasteiger partial charge in [0.1, 0.15) is 11.6 Å². The first-order valence-corrected chi connectivity index (χ1v) is 9.15. The van der Waals surface area contributed by atoms with Crippen LogP contribution in [0.3, 0.4) is 0 Å². The molecule has 7 nitrogen and oxygen atoms in total. The largest absolute Gasteiger partial charge is 0.505 e. The summed E-state index contributed by atoms with van der Waals surface area (Å²) in [5.41, 5.74) is 0.135. The van der Waals surface area contributed by atoms with Crippen molar-refractivity contribution in [2.24, 2.45) is 0 Å². The molecule has 140 valence electrons. The second-order valence-electron chi connectivity index (χ2n) is 7.07. The number of nitrogens with zero attached hydrogens (tertiary/aromatic N) is 5. The van der Waals surface area contributed by atoms with E-state index in [4.69, 9.17) is 0 Å². The Labute approximate surface area is 154 Å². The molecule has 0 spiro atoms. The van der Waals surface area contributed by atoms with Crippen LogP contribution in [0.25, 0.3) is 0 Å². The van der Waals surface area contributed by atoms with Crippen LogP contribution in [0.15, 0.2) is 30.7 Å². The predicted octanol–water partition coefficient (Wildman–Crippen LogP) is 1.96. The molecule has 1 N–H and O–H groups in total. The zero-order chi connectivity index (χ0) is 18.5. The molecule has 1 aliphatic rings. The molecule has 2 aromatic heterocycles. The number of hydrogen-bond acceptors (Lipinski definition) is 5. The molecule has 1 fully saturated rings. The number of imidazole rings is 1. The van der Waals surface area contributed by atoms with Crippen molar-refractivity contribution in [2.45, 2.75) is 31.7 Å². The van der Waals surface area contributed by atoms with E-state index in [1.165, 1.54) is 12.3 Å². The highest BCUT2D eigenvalue weighted by molar-refractivity contribution is 5.94. The van der Waals surface area contributed by atoms with Gasteiger partial charge in [-0.05, 0) is 52.0 Å². The van der Waals surface area contributed by atoms with E-state index in [0.29, 0.717) is 19.0 Å². The molecule has 0 radical (unpaired) electrons. The fourth-order valence-electron chi connectivity index (χ4n) is 3.48. The predicted molar refractivity (Wildman–Crippen MR) is 99.2 cm³/mol. The van der Waals surface area contributed by atoms with Crippen LogP contribution in [0.2, 0.25) is 0 Å². The van der Waals surface area contributed by atoms with Gasteiger partial charge in [0.2, 0.25) is 0 Å². The van der Waals surface area contributed by atoms with Gasteiger partial charge in [-0.2, -0.15) is 0 Å². The van der Waals surface area contributed by atoms with E-state index in [-0.39, 0.29) is 17.4 Å². The van der Waals surface area contributed by atoms with E-state index in [0.717, 1.165) is 38.2 Å². The number of aromatic nitrogens is 3. The summed E-state index contributed by atoms with van der Waals surface area (Å²) >= 11 is 0. The van der Waals surface area contributed by atoms with Crippen LogP contribution in [0.4, 0.5) is 0 Å². The van der Waals surface area contributed by atoms with Crippen molar-refractivity contribution < 1.29 is 9.90 Å². The second-order valence-corrected chi connectivity index (χ2v) is 7.07. The number of pyridine rings is 1. The van der Waals surface area contributed by atoms with Crippen molar-refractivity contribution in [1.82, 2.24) is 24.3 Å². The highest BCUT2D eigenvalue weighted by Gasteiger charge is 2.28. The molecule has 0 atom stereocenters. The molecule has 0 unspecified atom stereocenters. The number of rotatable bonds is 6. The molecule has 1 amide bonds. The summed E-state index contributed by atoms with van der Waals surface area (Å²) < 4.78 is 2.25. The Morgan fingerprint density at radius 2 is 2.04 bits per heavy atom. The zero-order valence-corrected chi connectivity index (χ0v) is 15.5. The van der Waals surface area contributed by atoms with Crippen molar-refractivity contribution in [3.8, 4) is 5.75 Å². The van der Waals surface area contributed by atoms with Crippen LogP contribution < -0.4 is 0 Å². The van der Waals surface area contributed by atoms with Crippen LogP contribution >= 0.6 is 0 Å². The van der Waals surface area contributed by atoms with E-state index < -0.39 is 0 Å². The van der Waals surface area contributed by atoms with E-state index in [1.54, 1.807) is 11.0 Å². The van der Waals surface area contributed by atoms with Gasteiger partial charge in [-0.1, -0.05) is 0 Å². The molecule has 0 bridgehead atoms. The molecule has 1 aliphatic heterocycles. The summed E-state index contributed by atoms with van der Waals surface area (Å²) in [5, 5.41) is 9.84. The van der Waals surface area contributed by atoms with Gasteiger partial charge in [-0.3, -0.25) is 4.79 Å². The molecule has 7 heteroatoms. The van der Waals surface area contributed by atoms with Gasteiger partial charge in [-0.25, -0.2) is 9.97 Å². The third-order valence-corrected chi connectivity index (χ3v) is 4.89. The van der Waals surface area contributed by atoms with Crippen LogP contribution in [-0.4, -0.2) is 69.1 Å². The minimum absolute atomic E-state index is 0.0592. The van der Waals surface area contributed by atoms with Gasteiger partial charge < -0.3 is 19.5 Å². The molecular weight excluding hydrogens is 330 g/mol. The molecule has 2 aromatic rings. The van der Waals surface area contributed by atoms with Crippen molar-refractivity contribution in [3.63, 3.8) is 0 Å². The number of hydrogen-bond donors (Lipinski definition) is 1. The summed E-state index contributed by atoms with van der Waals surface area (Å²) in [5.74, 6) is 1.23. The summed E-state index contributed by atoms with van der Waals surface area (Å²) in [7, 11) is 4.17. The van der Waals surface area contributed by atoms with Gasteiger partial charge in [-0.15, -0.1) is 0 Å². The topological polar surface area (TPSA) is 74.5 Å². The quantitative estimate of drug-likeness (QED) is 0.855. The fraction of sp³-hybridized carbons (Fsp3) is 0.526. The Morgan fingerprint density at radius 3 is 2.73 bits per heavy atom. The lowest BCUT2D eigenvalue weighted by Gasteiger charge is -2.31. The van der Waals surface area contributed by atoms with Gasteiger partial charge in [0.25, 0.3) is 5.91 Å². The molecular formula is C19H27N5O2. The standard InChI is InChI=1S/C19H27N5O2/c1-22(2)10-4-11-23-14-9-21-18(23)15-6-12-24(13-7-15)19(26)17-16(25)5-3-8-20-17/h3,5,8-9,14-15,25H,4,6-7,10-13H2,1-2H3. The second kappa shape index (κ2) is 8.31. The van der Waals surface area contributed by atoms with Crippen LogP contribution in [0.1, 0.15) is 41.5 Å². The first-order chi connectivity index (χ1) is 12.6. The van der Waals surface area contributed by atoms with E-state index in [2.05, 4.69) is 39.7 Å². The number of likely N-dealkylation sites (tertiary alicyclic amines) is 1. The number of aryl methyl sites for hydroxylation is 1. The highest BCUT2D eigenvalue weighted by Crippen LogP contribution is 2.28. The Morgan fingerprint density at radius 1 is 1.27 bits per heavy atom. The Kier molecular flexibility index (Phi) is 5.88. The Bertz CT molecular complexity index is 735. The minimum Gasteiger partial charge on any atom is -0.505 e. The molecule has 1 saturated heterocycles. The molecule has 0 aliphatic carbocycles. The highest BCUT2D eigenvalue weighted by atomic mass is 16.3. The van der Waals surface area contributed by atoms with Crippen molar-refractivity contribution in [1.29, 1.82) is 0 Å². The third-order valence-electron chi connectivity index (χ3n) is 4.89. The van der Waals surface area contributed by atoms with Gasteiger partial charge in [0.05, 0.1) is 0 Å². The lowest BCUT2D eigenvalue weighted by molar-refractivity contribution is 0.0701. The molecule has 0 aromatic carbocycles. The van der Waals surface area contributed by atoms with Gasteiger partial charge in [0, 0.05) is 44.1 Å². The van der Waals surface area contributed by atoms with E-state index in [1.807, 2.05) is 6.20 Å². The van der Waals surface area contributed by atoms with Crippen LogP contribution in [-0.2, 0) is 6.54 Å². The average Bonchev–Trinajstić information content (AvgIpc) is 3.10. The summed E-state index contributed by atoms with van der Waals surface area (Å²) in [4.78, 5) is 25.1. The number of aromatic hydroxyl groups is 1. The average molecular weight is 357 g/mol. The monoisotopic (exact) mass is 357 g/mol. The maximum Gasteiger partial charge on any atom is 0.276 e. The minimum atomic E-state index is -0.198. The lowest BCUT2D eigenvalue weighted by Crippen LogP contribution is -2.38. The van der Waals surface area contributed by atoms with Crippen molar-refractivity contribution in [2.75, 3.05) is 33.7 Å². The SMILES string of the molecule is CN(C)CCCn1ccnc1C1CCN(C(=O)c2ncccc2O)CC1. The van der Waals surface area contributed by atoms with Crippen molar-refractivity contribution in [3.05, 3.63) is 42.2 Å². The third kappa shape index (κ3) is 4.22. The maximum atomic E-state index is 12.6. The fourth-order valence-corrected chi connectivity index (χ4v) is 3.48. The summed E-state index contributed by atoms with van der Waals surface area (Å²) in [6, 6.07) is 3.12. The number of carbonyl (C=O) groups excluding carboxylic acids is 1. The van der Waals surface area contributed by atoms with E-state index >= 15 is 0 Å². The zero-order valence-electron chi connectivity index (χ0n) is 15.5. The Hall–Kier alpha value is -2.41.